The van der Waals surface area contributed by atoms with Crippen LogP contribution in [0.25, 0.3) is 5.32 Å². The Balaban J connectivity index is 0.000000366. The molecule has 0 unspecified atom stereocenters. The van der Waals surface area contributed by atoms with E-state index in [9.17, 15) is 5.11 Å². The molecule has 0 atom stereocenters. The number of pyridine rings is 1. The molecule has 0 saturated carbocycles. The number of hydrogen-bond acceptors (Lipinski definition) is 2. The molecule has 3 nitrogen and oxygen atoms in total. The summed E-state index contributed by atoms with van der Waals surface area (Å²) in [6.45, 7) is 24.3. The second-order valence-electron chi connectivity index (χ2n) is 13.4. The molecule has 0 aliphatic heterocycles. The summed E-state index contributed by atoms with van der Waals surface area (Å²) < 4.78 is 0. The van der Waals surface area contributed by atoms with Crippen molar-refractivity contribution >= 4 is 5.69 Å². The summed E-state index contributed by atoms with van der Waals surface area (Å²) in [6, 6.07) is 42.3. The van der Waals surface area contributed by atoms with Crippen molar-refractivity contribution in [1.82, 2.24) is 4.98 Å². The smallest absolute Gasteiger partial charge is 0.674 e. The Hall–Kier alpha value is -3.59. The number of hydrogen-bond donors (Lipinski definition) is 1. The summed E-state index contributed by atoms with van der Waals surface area (Å²) in [5, 5.41) is 14.6. The number of nitrogens with zero attached hydrogens (tertiary/aromatic N) is 2. The van der Waals surface area contributed by atoms with Crippen molar-refractivity contribution in [1.29, 1.82) is 0 Å². The summed E-state index contributed by atoms with van der Waals surface area (Å²) in [4.78, 5) is 4.50. The summed E-state index contributed by atoms with van der Waals surface area (Å²) in [7, 11) is 0. The van der Waals surface area contributed by atoms with Gasteiger partial charge in [0.1, 0.15) is 0 Å². The number of aromatic nitrogens is 1. The number of para-hydroxylation sites is 1. The fourth-order valence-electron chi connectivity index (χ4n) is 4.75. The first-order chi connectivity index (χ1) is 22.2. The third-order valence-electron chi connectivity index (χ3n) is 7.19. The van der Waals surface area contributed by atoms with Gasteiger partial charge in [-0.2, -0.15) is 49.2 Å². The van der Waals surface area contributed by atoms with Crippen molar-refractivity contribution in [3.63, 3.8) is 0 Å². The number of benzene rings is 4. The molecule has 251 valence electrons. The Labute approximate surface area is 311 Å². The number of aliphatic hydroxyl groups is 1. The van der Waals surface area contributed by atoms with Gasteiger partial charge in [-0.3, -0.25) is 4.98 Å². The van der Waals surface area contributed by atoms with E-state index in [1.165, 1.54) is 16.7 Å². The average molecular weight is 719 g/mol. The number of rotatable bonds is 7. The predicted octanol–water partition coefficient (Wildman–Crippen LogP) is 12.0. The third-order valence-corrected chi connectivity index (χ3v) is 7.19. The van der Waals surface area contributed by atoms with Crippen LogP contribution in [-0.4, -0.2) is 15.7 Å². The van der Waals surface area contributed by atoms with E-state index >= 15 is 0 Å². The molecule has 0 saturated heterocycles. The normalized spacial score (nSPS) is 10.6. The molecule has 0 spiro atoms. The summed E-state index contributed by atoms with van der Waals surface area (Å²) in [5.41, 5.74) is 7.17. The van der Waals surface area contributed by atoms with E-state index in [-0.39, 0.29) is 31.7 Å². The fourth-order valence-corrected chi connectivity index (χ4v) is 4.75. The first-order valence-electron chi connectivity index (χ1n) is 16.5. The average Bonchev–Trinajstić information content (AvgIpc) is 3.03. The predicted molar refractivity (Wildman–Crippen MR) is 203 cm³/mol. The van der Waals surface area contributed by atoms with E-state index in [1.54, 1.807) is 0 Å². The van der Waals surface area contributed by atoms with Gasteiger partial charge >= 0.3 is 26.2 Å². The molecule has 5 aromatic rings. The van der Waals surface area contributed by atoms with Crippen LogP contribution in [0.2, 0.25) is 0 Å². The molecule has 1 radical (unpaired) electrons. The van der Waals surface area contributed by atoms with Crippen LogP contribution in [0.4, 0.5) is 5.69 Å². The van der Waals surface area contributed by atoms with E-state index in [2.05, 4.69) is 84.6 Å². The quantitative estimate of drug-likeness (QED) is 0.170. The SMILES string of the molecule is CC(C)(O)Cc1ccccc1.CC(C)c1cccc(C(C)C)c1[N-]C(C)(C)c1ccccn1.[CH2-]c1ccccc1.[CH2-]c1ccccc1.[Zr+3]. The van der Waals surface area contributed by atoms with Crippen LogP contribution in [0.15, 0.2) is 134 Å². The van der Waals surface area contributed by atoms with Crippen LogP contribution < -0.4 is 0 Å². The van der Waals surface area contributed by atoms with Crippen LogP contribution >= 0.6 is 0 Å². The molecule has 5 rings (SSSR count). The molecule has 0 amide bonds. The van der Waals surface area contributed by atoms with Crippen LogP contribution in [0.1, 0.15) is 101 Å². The molecule has 4 heteroatoms. The molecule has 1 heterocycles. The second kappa shape index (κ2) is 21.4. The maximum absolute atomic E-state index is 9.47. The Morgan fingerprint density at radius 3 is 1.35 bits per heavy atom. The molecule has 0 aliphatic rings. The Morgan fingerprint density at radius 2 is 1.02 bits per heavy atom. The minimum atomic E-state index is -0.596. The molecule has 1 aromatic heterocycles. The Morgan fingerprint density at radius 1 is 0.604 bits per heavy atom. The van der Waals surface area contributed by atoms with E-state index in [1.807, 2.05) is 123 Å². The van der Waals surface area contributed by atoms with Gasteiger partial charge in [0.25, 0.3) is 0 Å². The molecule has 0 aliphatic carbocycles. The van der Waals surface area contributed by atoms with E-state index in [0.29, 0.717) is 18.3 Å². The maximum atomic E-state index is 9.47. The monoisotopic (exact) mass is 717 g/mol. The van der Waals surface area contributed by atoms with Gasteiger partial charge in [-0.25, -0.2) is 0 Å². The van der Waals surface area contributed by atoms with Gasteiger partial charge in [0, 0.05) is 18.3 Å². The maximum Gasteiger partial charge on any atom is 3.00 e. The minimum absolute atomic E-state index is 0. The molecule has 0 fully saturated rings. The Kier molecular flexibility index (Phi) is 18.9. The largest absolute Gasteiger partial charge is 3.00 e. The van der Waals surface area contributed by atoms with Crippen molar-refractivity contribution in [2.24, 2.45) is 0 Å². The summed E-state index contributed by atoms with van der Waals surface area (Å²) >= 11 is 0. The summed E-state index contributed by atoms with van der Waals surface area (Å²) in [6.07, 6.45) is 2.55. The molecule has 0 bridgehead atoms. The van der Waals surface area contributed by atoms with Gasteiger partial charge < -0.3 is 10.4 Å². The van der Waals surface area contributed by atoms with Gasteiger partial charge in [0.05, 0.1) is 5.60 Å². The van der Waals surface area contributed by atoms with Crippen LogP contribution in [0.5, 0.6) is 0 Å². The van der Waals surface area contributed by atoms with Gasteiger partial charge in [0.2, 0.25) is 0 Å². The first kappa shape index (κ1) is 42.4. The minimum Gasteiger partial charge on any atom is -0.674 e. The van der Waals surface area contributed by atoms with Crippen LogP contribution in [-0.2, 0) is 38.2 Å². The molecule has 1 N–H and O–H groups in total. The zero-order valence-electron chi connectivity index (χ0n) is 30.3. The zero-order chi connectivity index (χ0) is 34.9. The van der Waals surface area contributed by atoms with E-state index in [0.717, 1.165) is 22.5 Å². The third kappa shape index (κ3) is 16.5. The van der Waals surface area contributed by atoms with E-state index in [4.69, 9.17) is 5.32 Å². The van der Waals surface area contributed by atoms with Gasteiger partial charge in [-0.05, 0) is 43.4 Å². The topological polar surface area (TPSA) is 47.2 Å². The molecule has 4 aromatic carbocycles. The molecular formula is C44H55N2OZr. The second-order valence-corrected chi connectivity index (χ2v) is 13.4. The van der Waals surface area contributed by atoms with Crippen molar-refractivity contribution in [3.05, 3.63) is 186 Å². The van der Waals surface area contributed by atoms with Crippen molar-refractivity contribution in [2.45, 2.75) is 84.8 Å². The van der Waals surface area contributed by atoms with Crippen LogP contribution in [0, 0.1) is 13.8 Å². The van der Waals surface area contributed by atoms with Gasteiger partial charge in [-0.1, -0.05) is 125 Å². The molecule has 48 heavy (non-hydrogen) atoms. The first-order valence-corrected chi connectivity index (χ1v) is 16.5. The van der Waals surface area contributed by atoms with Gasteiger partial charge in [-0.15, -0.1) is 30.0 Å². The fraction of sp³-hybridized carbons (Fsp3) is 0.295. The zero-order valence-corrected chi connectivity index (χ0v) is 32.8. The van der Waals surface area contributed by atoms with Crippen molar-refractivity contribution in [2.75, 3.05) is 0 Å². The summed E-state index contributed by atoms with van der Waals surface area (Å²) in [5.74, 6) is 0.911. The Bertz CT molecular complexity index is 1470. The van der Waals surface area contributed by atoms with Crippen LogP contribution in [0.3, 0.4) is 0 Å². The van der Waals surface area contributed by atoms with Crippen molar-refractivity contribution in [3.8, 4) is 0 Å². The standard InChI is InChI=1S/C20H27N2.C10H14O.2C7H7.Zr/c1-14(2)16-10-9-11-17(15(3)4)19(16)22-20(5,6)18-12-7-8-13-21-18;1-10(2,11)8-9-6-4-3-5-7-9;2*1-7-5-3-2-4-6-7;/h7-15H,1-6H3;3-7,11H,8H2,1-2H3;2*2-6H,1H2;/q-1;;2*-1;+3. The molecular weight excluding hydrogens is 664 g/mol. The van der Waals surface area contributed by atoms with Crippen molar-refractivity contribution < 1.29 is 31.3 Å². The van der Waals surface area contributed by atoms with Gasteiger partial charge in [0.15, 0.2) is 0 Å². The van der Waals surface area contributed by atoms with E-state index < -0.39 is 5.60 Å².